The minimum Gasteiger partial charge on any atom is -0.0895 e. The van der Waals surface area contributed by atoms with Crippen LogP contribution < -0.4 is 0 Å². The van der Waals surface area contributed by atoms with E-state index in [1.807, 2.05) is 0 Å². The van der Waals surface area contributed by atoms with Crippen molar-refractivity contribution in [3.05, 3.63) is 11.1 Å². The van der Waals surface area contributed by atoms with E-state index in [2.05, 4.69) is 6.08 Å². The number of allylic oxidation sites excluding steroid dienone is 2. The second-order valence-electron chi connectivity index (χ2n) is 4.59. The van der Waals surface area contributed by atoms with Crippen LogP contribution in [-0.2, 0) is 0 Å². The molecule has 0 bridgehead atoms. The van der Waals surface area contributed by atoms with Crippen molar-refractivity contribution in [2.24, 2.45) is 11.8 Å². The topological polar surface area (TPSA) is 0 Å². The maximum atomic E-state index is 6.09. The lowest BCUT2D eigenvalue weighted by molar-refractivity contribution is 0.232. The van der Waals surface area contributed by atoms with E-state index in [-0.39, 0.29) is 0 Å². The fraction of sp³-hybridized carbons (Fsp3) is 0.833. The van der Waals surface area contributed by atoms with Gasteiger partial charge in [-0.1, -0.05) is 49.8 Å². The third-order valence-corrected chi connectivity index (χ3v) is 3.99. The van der Waals surface area contributed by atoms with Gasteiger partial charge in [0.05, 0.1) is 0 Å². The first kappa shape index (κ1) is 9.58. The zero-order valence-corrected chi connectivity index (χ0v) is 9.02. The Morgan fingerprint density at radius 1 is 1.00 bits per heavy atom. The fourth-order valence-corrected chi connectivity index (χ4v) is 3.21. The molecule has 2 rings (SSSR count). The van der Waals surface area contributed by atoms with E-state index in [4.69, 9.17) is 11.6 Å². The van der Waals surface area contributed by atoms with Gasteiger partial charge in [0.1, 0.15) is 0 Å². The summed E-state index contributed by atoms with van der Waals surface area (Å²) in [5, 5.41) is 1.13. The van der Waals surface area contributed by atoms with Crippen molar-refractivity contribution in [1.82, 2.24) is 0 Å². The average molecular weight is 199 g/mol. The van der Waals surface area contributed by atoms with Gasteiger partial charge in [-0.15, -0.1) is 0 Å². The van der Waals surface area contributed by atoms with E-state index < -0.39 is 0 Å². The molecule has 0 heterocycles. The molecule has 13 heavy (non-hydrogen) atoms. The fourth-order valence-electron chi connectivity index (χ4n) is 2.90. The lowest BCUT2D eigenvalue weighted by Crippen LogP contribution is -2.19. The Hall–Kier alpha value is 0.0300. The summed E-state index contributed by atoms with van der Waals surface area (Å²) >= 11 is 6.09. The Bertz CT molecular complexity index is 189. The van der Waals surface area contributed by atoms with Crippen LogP contribution in [0.3, 0.4) is 0 Å². The molecule has 0 nitrogen and oxygen atoms in total. The summed E-state index contributed by atoms with van der Waals surface area (Å²) < 4.78 is 0. The van der Waals surface area contributed by atoms with Crippen molar-refractivity contribution in [1.29, 1.82) is 0 Å². The Morgan fingerprint density at radius 2 is 1.77 bits per heavy atom. The van der Waals surface area contributed by atoms with Crippen LogP contribution in [0.1, 0.15) is 51.4 Å². The summed E-state index contributed by atoms with van der Waals surface area (Å²) in [6.45, 7) is 0. The monoisotopic (exact) mass is 198 g/mol. The van der Waals surface area contributed by atoms with Crippen molar-refractivity contribution >= 4 is 11.6 Å². The van der Waals surface area contributed by atoms with E-state index in [9.17, 15) is 0 Å². The van der Waals surface area contributed by atoms with Crippen molar-refractivity contribution in [2.75, 3.05) is 0 Å². The van der Waals surface area contributed by atoms with Crippen LogP contribution in [-0.4, -0.2) is 0 Å². The summed E-state index contributed by atoms with van der Waals surface area (Å²) in [5.74, 6) is 1.91. The zero-order chi connectivity index (χ0) is 9.10. The maximum absolute atomic E-state index is 6.09. The molecule has 0 radical (unpaired) electrons. The molecule has 0 spiro atoms. The van der Waals surface area contributed by atoms with Crippen LogP contribution in [0.2, 0.25) is 0 Å². The molecule has 74 valence electrons. The van der Waals surface area contributed by atoms with Crippen LogP contribution >= 0.6 is 11.6 Å². The summed E-state index contributed by atoms with van der Waals surface area (Å²) in [6.07, 6.45) is 13.3. The number of hydrogen-bond acceptors (Lipinski definition) is 0. The van der Waals surface area contributed by atoms with E-state index in [1.165, 1.54) is 51.4 Å². The first-order valence-electron chi connectivity index (χ1n) is 5.71. The molecule has 0 aromatic carbocycles. The van der Waals surface area contributed by atoms with Crippen LogP contribution in [0, 0.1) is 11.8 Å². The highest BCUT2D eigenvalue weighted by molar-refractivity contribution is 6.29. The number of hydrogen-bond donors (Lipinski definition) is 0. The first-order valence-corrected chi connectivity index (χ1v) is 6.08. The van der Waals surface area contributed by atoms with E-state index in [0.717, 1.165) is 16.9 Å². The molecule has 0 aromatic rings. The van der Waals surface area contributed by atoms with Gasteiger partial charge in [0, 0.05) is 5.03 Å². The molecule has 0 amide bonds. The molecule has 1 saturated carbocycles. The molecule has 0 saturated heterocycles. The maximum Gasteiger partial charge on any atom is 0.0144 e. The minimum absolute atomic E-state index is 0.915. The van der Waals surface area contributed by atoms with E-state index in [0.29, 0.717) is 0 Å². The van der Waals surface area contributed by atoms with Crippen molar-refractivity contribution < 1.29 is 0 Å². The molecule has 1 unspecified atom stereocenters. The van der Waals surface area contributed by atoms with E-state index in [1.54, 1.807) is 0 Å². The Balaban J connectivity index is 1.89. The third kappa shape index (κ3) is 2.49. The zero-order valence-electron chi connectivity index (χ0n) is 8.27. The Kier molecular flexibility index (Phi) is 3.32. The molecule has 0 aliphatic heterocycles. The lowest BCUT2D eigenvalue weighted by Gasteiger charge is -2.31. The highest BCUT2D eigenvalue weighted by atomic mass is 35.5. The van der Waals surface area contributed by atoms with Gasteiger partial charge in [0.15, 0.2) is 0 Å². The molecule has 1 atom stereocenters. The van der Waals surface area contributed by atoms with Crippen molar-refractivity contribution in [3.8, 4) is 0 Å². The van der Waals surface area contributed by atoms with Gasteiger partial charge in [0.25, 0.3) is 0 Å². The van der Waals surface area contributed by atoms with Gasteiger partial charge >= 0.3 is 0 Å². The van der Waals surface area contributed by atoms with Gasteiger partial charge < -0.3 is 0 Å². The molecular weight excluding hydrogens is 180 g/mol. The second kappa shape index (κ2) is 4.50. The van der Waals surface area contributed by atoms with Crippen molar-refractivity contribution in [3.63, 3.8) is 0 Å². The highest BCUT2D eigenvalue weighted by Crippen LogP contribution is 2.38. The van der Waals surface area contributed by atoms with Gasteiger partial charge in [-0.25, -0.2) is 0 Å². The van der Waals surface area contributed by atoms with Crippen molar-refractivity contribution in [2.45, 2.75) is 51.4 Å². The summed E-state index contributed by atoms with van der Waals surface area (Å²) in [6, 6.07) is 0. The second-order valence-corrected chi connectivity index (χ2v) is 5.08. The minimum atomic E-state index is 0.915. The highest BCUT2D eigenvalue weighted by Gasteiger charge is 2.25. The number of rotatable bonds is 1. The van der Waals surface area contributed by atoms with Crippen LogP contribution in [0.4, 0.5) is 0 Å². The largest absolute Gasteiger partial charge is 0.0895 e. The first-order chi connectivity index (χ1) is 6.36. The SMILES string of the molecule is ClC1=CCCC(C2CCCCC2)C1. The van der Waals surface area contributed by atoms with Crippen LogP contribution in [0.5, 0.6) is 0 Å². The summed E-state index contributed by atoms with van der Waals surface area (Å²) in [7, 11) is 0. The van der Waals surface area contributed by atoms with Gasteiger partial charge in [0.2, 0.25) is 0 Å². The van der Waals surface area contributed by atoms with Crippen LogP contribution in [0.25, 0.3) is 0 Å². The Morgan fingerprint density at radius 3 is 2.46 bits per heavy atom. The summed E-state index contributed by atoms with van der Waals surface area (Å²) in [4.78, 5) is 0. The van der Waals surface area contributed by atoms with Gasteiger partial charge in [-0.2, -0.15) is 0 Å². The smallest absolute Gasteiger partial charge is 0.0144 e. The van der Waals surface area contributed by atoms with Crippen LogP contribution in [0.15, 0.2) is 11.1 Å². The number of halogens is 1. The Labute approximate surface area is 86.4 Å². The molecule has 1 heteroatoms. The summed E-state index contributed by atoms with van der Waals surface area (Å²) in [5.41, 5.74) is 0. The molecule has 2 aliphatic rings. The molecular formula is C12H19Cl. The molecule has 0 N–H and O–H groups in total. The average Bonchev–Trinajstić information content (AvgIpc) is 2.19. The predicted octanol–water partition coefficient (Wildman–Crippen LogP) is 4.49. The standard InChI is InChI=1S/C12H19Cl/c13-12-8-4-7-11(9-12)10-5-2-1-3-6-10/h8,10-11H,1-7,9H2. The van der Waals surface area contributed by atoms with Gasteiger partial charge in [-0.05, 0) is 31.1 Å². The van der Waals surface area contributed by atoms with E-state index >= 15 is 0 Å². The quantitative estimate of drug-likeness (QED) is 0.583. The molecule has 0 aromatic heterocycles. The molecule has 2 aliphatic carbocycles. The van der Waals surface area contributed by atoms with Gasteiger partial charge in [-0.3, -0.25) is 0 Å². The predicted molar refractivity (Wildman–Crippen MR) is 57.9 cm³/mol. The normalized spacial score (nSPS) is 31.5. The molecule has 1 fully saturated rings. The third-order valence-electron chi connectivity index (χ3n) is 3.68. The lowest BCUT2D eigenvalue weighted by atomic mass is 9.75.